The summed E-state index contributed by atoms with van der Waals surface area (Å²) in [6.45, 7) is 1.90. The SMILES string of the molecule is COc1ccc(C)cc1NC(=O)/C=C/c1cc2c(cc1[N+](=O)[O-])OCO2. The highest BCUT2D eigenvalue weighted by Crippen LogP contribution is 2.38. The molecule has 0 radical (unpaired) electrons. The lowest BCUT2D eigenvalue weighted by atomic mass is 10.1. The average molecular weight is 356 g/mol. The zero-order valence-electron chi connectivity index (χ0n) is 14.1. The maximum absolute atomic E-state index is 12.2. The summed E-state index contributed by atoms with van der Waals surface area (Å²) < 4.78 is 15.6. The van der Waals surface area contributed by atoms with Crippen LogP contribution in [0.5, 0.6) is 17.2 Å². The number of ether oxygens (including phenoxy) is 3. The van der Waals surface area contributed by atoms with Gasteiger partial charge in [0.25, 0.3) is 5.69 Å². The first-order valence-corrected chi connectivity index (χ1v) is 7.69. The number of nitrogens with one attached hydrogen (secondary N) is 1. The number of amides is 1. The molecule has 0 atom stereocenters. The van der Waals surface area contributed by atoms with Crippen LogP contribution in [0.2, 0.25) is 0 Å². The summed E-state index contributed by atoms with van der Waals surface area (Å²) in [4.78, 5) is 22.9. The molecule has 0 aliphatic carbocycles. The lowest BCUT2D eigenvalue weighted by Gasteiger charge is -2.09. The van der Waals surface area contributed by atoms with Crippen LogP contribution in [0.25, 0.3) is 6.08 Å². The topological polar surface area (TPSA) is 99.9 Å². The summed E-state index contributed by atoms with van der Waals surface area (Å²) >= 11 is 0. The van der Waals surface area contributed by atoms with Gasteiger partial charge in [0.2, 0.25) is 12.7 Å². The first kappa shape index (κ1) is 17.3. The molecule has 2 aromatic rings. The first-order chi connectivity index (χ1) is 12.5. The monoisotopic (exact) mass is 356 g/mol. The normalized spacial score (nSPS) is 12.2. The van der Waals surface area contributed by atoms with Gasteiger partial charge in [-0.15, -0.1) is 0 Å². The van der Waals surface area contributed by atoms with E-state index in [1.807, 2.05) is 13.0 Å². The molecule has 8 nitrogen and oxygen atoms in total. The third-order valence-corrected chi connectivity index (χ3v) is 3.75. The molecular formula is C18H16N2O6. The predicted molar refractivity (Wildman–Crippen MR) is 94.6 cm³/mol. The van der Waals surface area contributed by atoms with E-state index < -0.39 is 10.8 Å². The van der Waals surface area contributed by atoms with Gasteiger partial charge in [0.1, 0.15) is 5.75 Å². The van der Waals surface area contributed by atoms with Crippen molar-refractivity contribution in [1.82, 2.24) is 0 Å². The van der Waals surface area contributed by atoms with Crippen LogP contribution in [0.3, 0.4) is 0 Å². The number of carbonyl (C=O) groups is 1. The van der Waals surface area contributed by atoms with E-state index in [1.165, 1.54) is 31.4 Å². The molecule has 3 rings (SSSR count). The van der Waals surface area contributed by atoms with Crippen molar-refractivity contribution < 1.29 is 23.9 Å². The molecule has 1 heterocycles. The number of hydrogen-bond acceptors (Lipinski definition) is 6. The van der Waals surface area contributed by atoms with Crippen molar-refractivity contribution in [2.24, 2.45) is 0 Å². The van der Waals surface area contributed by atoms with E-state index in [1.54, 1.807) is 12.1 Å². The highest BCUT2D eigenvalue weighted by molar-refractivity contribution is 6.03. The number of hydrogen-bond donors (Lipinski definition) is 1. The van der Waals surface area contributed by atoms with Crippen LogP contribution in [0.4, 0.5) is 11.4 Å². The lowest BCUT2D eigenvalue weighted by molar-refractivity contribution is -0.385. The molecule has 0 saturated heterocycles. The second-order valence-electron chi connectivity index (χ2n) is 5.55. The Balaban J connectivity index is 1.83. The van der Waals surface area contributed by atoms with E-state index in [0.717, 1.165) is 5.56 Å². The molecular weight excluding hydrogens is 340 g/mol. The van der Waals surface area contributed by atoms with Crippen molar-refractivity contribution in [3.05, 3.63) is 57.6 Å². The number of aryl methyl sites for hydroxylation is 1. The summed E-state index contributed by atoms with van der Waals surface area (Å²) in [5.74, 6) is 0.783. The summed E-state index contributed by atoms with van der Waals surface area (Å²) in [5, 5.41) is 13.9. The quantitative estimate of drug-likeness (QED) is 0.501. The minimum absolute atomic E-state index is 0.00724. The van der Waals surface area contributed by atoms with Gasteiger partial charge >= 0.3 is 0 Å². The highest BCUT2D eigenvalue weighted by atomic mass is 16.7. The largest absolute Gasteiger partial charge is 0.495 e. The number of fused-ring (bicyclic) bond motifs is 1. The summed E-state index contributed by atoms with van der Waals surface area (Å²) in [7, 11) is 1.51. The third-order valence-electron chi connectivity index (χ3n) is 3.75. The molecule has 1 N–H and O–H groups in total. The molecule has 0 bridgehead atoms. The molecule has 1 aliphatic rings. The molecule has 0 saturated carbocycles. The zero-order valence-corrected chi connectivity index (χ0v) is 14.1. The van der Waals surface area contributed by atoms with Crippen LogP contribution in [0.1, 0.15) is 11.1 Å². The Morgan fingerprint density at radius 1 is 1.27 bits per heavy atom. The van der Waals surface area contributed by atoms with Gasteiger partial charge in [0.15, 0.2) is 11.5 Å². The molecule has 134 valence electrons. The van der Waals surface area contributed by atoms with Gasteiger partial charge in [0.05, 0.1) is 29.4 Å². The van der Waals surface area contributed by atoms with Crippen LogP contribution >= 0.6 is 0 Å². The molecule has 26 heavy (non-hydrogen) atoms. The van der Waals surface area contributed by atoms with Crippen molar-refractivity contribution in [3.8, 4) is 17.2 Å². The van der Waals surface area contributed by atoms with E-state index in [9.17, 15) is 14.9 Å². The number of nitro groups is 1. The fourth-order valence-electron chi connectivity index (χ4n) is 2.50. The number of carbonyl (C=O) groups excluding carboxylic acids is 1. The third kappa shape index (κ3) is 3.59. The van der Waals surface area contributed by atoms with Crippen LogP contribution in [-0.4, -0.2) is 24.7 Å². The molecule has 0 fully saturated rings. The second-order valence-corrected chi connectivity index (χ2v) is 5.55. The summed E-state index contributed by atoms with van der Waals surface area (Å²) in [6, 6.07) is 8.13. The van der Waals surface area contributed by atoms with E-state index in [2.05, 4.69) is 5.32 Å². The molecule has 0 aromatic heterocycles. The Morgan fingerprint density at radius 2 is 2.00 bits per heavy atom. The fourth-order valence-corrected chi connectivity index (χ4v) is 2.50. The van der Waals surface area contributed by atoms with Crippen LogP contribution in [-0.2, 0) is 4.79 Å². The Bertz CT molecular complexity index is 907. The molecule has 1 aliphatic heterocycles. The standard InChI is InChI=1S/C18H16N2O6/c1-11-3-5-15(24-2)13(7-11)19-18(21)6-4-12-8-16-17(26-10-25-16)9-14(12)20(22)23/h3-9H,10H2,1-2H3,(H,19,21)/b6-4+. The smallest absolute Gasteiger partial charge is 0.280 e. The fraction of sp³-hybridized carbons (Fsp3) is 0.167. The van der Waals surface area contributed by atoms with E-state index in [-0.39, 0.29) is 18.0 Å². The molecule has 8 heteroatoms. The second kappa shape index (κ2) is 7.14. The minimum atomic E-state index is -0.539. The van der Waals surface area contributed by atoms with Gasteiger partial charge in [0, 0.05) is 6.08 Å². The van der Waals surface area contributed by atoms with Crippen LogP contribution < -0.4 is 19.5 Å². The Hall–Kier alpha value is -3.55. The lowest BCUT2D eigenvalue weighted by Crippen LogP contribution is -2.09. The van der Waals surface area contributed by atoms with Crippen molar-refractivity contribution in [1.29, 1.82) is 0 Å². The number of nitro benzene ring substituents is 1. The van der Waals surface area contributed by atoms with Gasteiger partial charge in [-0.2, -0.15) is 0 Å². The van der Waals surface area contributed by atoms with Crippen LogP contribution in [0, 0.1) is 17.0 Å². The van der Waals surface area contributed by atoms with Crippen molar-refractivity contribution in [3.63, 3.8) is 0 Å². The number of nitrogens with zero attached hydrogens (tertiary/aromatic N) is 1. The van der Waals surface area contributed by atoms with Crippen molar-refractivity contribution >= 4 is 23.4 Å². The summed E-state index contributed by atoms with van der Waals surface area (Å²) in [5.41, 5.74) is 1.54. The molecule has 0 spiro atoms. The van der Waals surface area contributed by atoms with E-state index in [0.29, 0.717) is 22.9 Å². The zero-order chi connectivity index (χ0) is 18.7. The number of benzene rings is 2. The highest BCUT2D eigenvalue weighted by Gasteiger charge is 2.22. The first-order valence-electron chi connectivity index (χ1n) is 7.69. The van der Waals surface area contributed by atoms with E-state index in [4.69, 9.17) is 14.2 Å². The number of anilines is 1. The van der Waals surface area contributed by atoms with Crippen molar-refractivity contribution in [2.75, 3.05) is 19.2 Å². The predicted octanol–water partition coefficient (Wildman–Crippen LogP) is 3.29. The maximum atomic E-state index is 12.2. The molecule has 1 amide bonds. The summed E-state index contributed by atoms with van der Waals surface area (Å²) in [6.07, 6.45) is 2.57. The van der Waals surface area contributed by atoms with Gasteiger partial charge in [-0.3, -0.25) is 14.9 Å². The van der Waals surface area contributed by atoms with Gasteiger partial charge in [-0.25, -0.2) is 0 Å². The number of rotatable bonds is 5. The molecule has 2 aromatic carbocycles. The Morgan fingerprint density at radius 3 is 2.69 bits per heavy atom. The maximum Gasteiger partial charge on any atom is 0.280 e. The Labute approximate surface area is 149 Å². The minimum Gasteiger partial charge on any atom is -0.495 e. The Kier molecular flexibility index (Phi) is 4.74. The van der Waals surface area contributed by atoms with Crippen LogP contribution in [0.15, 0.2) is 36.4 Å². The van der Waals surface area contributed by atoms with Gasteiger partial charge < -0.3 is 19.5 Å². The average Bonchev–Trinajstić information content (AvgIpc) is 3.06. The van der Waals surface area contributed by atoms with Gasteiger partial charge in [-0.05, 0) is 36.8 Å². The van der Waals surface area contributed by atoms with E-state index >= 15 is 0 Å². The number of methoxy groups -OCH3 is 1. The molecule has 0 unspecified atom stereocenters. The van der Waals surface area contributed by atoms with Crippen molar-refractivity contribution in [2.45, 2.75) is 6.92 Å². The van der Waals surface area contributed by atoms with Gasteiger partial charge in [-0.1, -0.05) is 6.07 Å².